The molecular formula is C38H45F6N4O3P. The maximum absolute atomic E-state index is 12.3. The van der Waals surface area contributed by atoms with Gasteiger partial charge in [-0.25, -0.2) is 0 Å². The Kier molecular flexibility index (Phi) is 11.2. The van der Waals surface area contributed by atoms with Crippen molar-refractivity contribution in [3.05, 3.63) is 108 Å². The summed E-state index contributed by atoms with van der Waals surface area (Å²) in [4.78, 5) is 39.2. The fourth-order valence-corrected chi connectivity index (χ4v) is 6.82. The molecular weight excluding hydrogens is 705 g/mol. The summed E-state index contributed by atoms with van der Waals surface area (Å²) in [6.45, 7) is 10.5. The minimum atomic E-state index is -10.7. The number of fused-ring (bicyclic) bond motifs is 2. The van der Waals surface area contributed by atoms with Crippen molar-refractivity contribution in [1.29, 1.82) is 0 Å². The number of unbranched alkanes of at least 4 members (excludes halogenated alkanes) is 2. The second-order valence-electron chi connectivity index (χ2n) is 14.0. The molecule has 0 bridgehead atoms. The molecule has 3 amide bonds. The van der Waals surface area contributed by atoms with E-state index < -0.39 is 7.81 Å². The molecule has 0 spiro atoms. The number of rotatable bonds is 12. The predicted molar refractivity (Wildman–Crippen MR) is 194 cm³/mol. The number of carbonyl (C=O) groups is 3. The van der Waals surface area contributed by atoms with Crippen LogP contribution in [0.5, 0.6) is 0 Å². The van der Waals surface area contributed by atoms with Crippen molar-refractivity contribution in [2.75, 3.05) is 31.6 Å². The average Bonchev–Trinajstić information content (AvgIpc) is 3.55. The Bertz CT molecular complexity index is 1850. The number of carbonyl (C=O) groups excluding carboxylic acids is 3. The third-order valence-corrected chi connectivity index (χ3v) is 9.31. The van der Waals surface area contributed by atoms with Gasteiger partial charge in [0.15, 0.2) is 5.71 Å². The average molecular weight is 751 g/mol. The van der Waals surface area contributed by atoms with Gasteiger partial charge in [-0.15, -0.1) is 0 Å². The second-order valence-corrected chi connectivity index (χ2v) is 15.9. The Labute approximate surface area is 300 Å². The molecule has 0 fully saturated rings. The van der Waals surface area contributed by atoms with E-state index in [0.29, 0.717) is 6.42 Å². The van der Waals surface area contributed by atoms with Crippen molar-refractivity contribution in [2.24, 2.45) is 0 Å². The van der Waals surface area contributed by atoms with Crippen molar-refractivity contribution in [3.63, 3.8) is 0 Å². The molecule has 3 aliphatic rings. The van der Waals surface area contributed by atoms with Crippen molar-refractivity contribution in [3.8, 4) is 0 Å². The first-order valence-corrected chi connectivity index (χ1v) is 19.0. The summed E-state index contributed by atoms with van der Waals surface area (Å²) in [6.07, 6.45) is 16.5. The van der Waals surface area contributed by atoms with Crippen molar-refractivity contribution >= 4 is 42.6 Å². The molecule has 5 rings (SSSR count). The first-order chi connectivity index (χ1) is 24.0. The van der Waals surface area contributed by atoms with Crippen LogP contribution >= 0.6 is 7.81 Å². The van der Waals surface area contributed by atoms with E-state index in [-0.39, 0.29) is 41.6 Å². The minimum absolute atomic E-state index is 0.0487. The van der Waals surface area contributed by atoms with Crippen molar-refractivity contribution in [1.82, 2.24) is 10.2 Å². The Morgan fingerprint density at radius 2 is 1.37 bits per heavy atom. The van der Waals surface area contributed by atoms with E-state index in [1.54, 1.807) is 0 Å². The summed E-state index contributed by atoms with van der Waals surface area (Å²) in [5, 5.41) is 2.83. The van der Waals surface area contributed by atoms with Crippen molar-refractivity contribution < 1.29 is 44.1 Å². The van der Waals surface area contributed by atoms with Crippen LogP contribution in [0.1, 0.15) is 64.5 Å². The molecule has 52 heavy (non-hydrogen) atoms. The molecule has 1 N–H and O–H groups in total. The summed E-state index contributed by atoms with van der Waals surface area (Å²) >= 11 is 0. The van der Waals surface area contributed by atoms with Crippen LogP contribution in [-0.2, 0) is 25.2 Å². The summed E-state index contributed by atoms with van der Waals surface area (Å²) < 4.78 is 61.5. The van der Waals surface area contributed by atoms with Crippen LogP contribution in [-0.4, -0.2) is 59.6 Å². The Balaban J connectivity index is 0.000000785. The molecule has 2 aromatic carbocycles. The molecule has 3 aliphatic heterocycles. The molecule has 7 nitrogen and oxygen atoms in total. The van der Waals surface area contributed by atoms with E-state index in [4.69, 9.17) is 0 Å². The van der Waals surface area contributed by atoms with Crippen molar-refractivity contribution in [2.45, 2.75) is 64.2 Å². The van der Waals surface area contributed by atoms with Crippen LogP contribution in [0.4, 0.5) is 36.6 Å². The standard InChI is InChI=1S/C38H44N4O3.F6P/c1-37(2)28-16-11-13-18-30(28)40(5)32(37)20-8-6-9-21-33-38(3,4)29-17-12-14-19-31(29)41(33)26-15-7-10-22-34(43)39-25-27-42-35(44)23-24-36(42)45;1-7(2,3,4,5)6/h6,8-9,11-14,16-21,23-24H,7,10,15,22,25-27H2,1-5H3;/q;-1/p+1. The number of nitrogens with one attached hydrogen (secondary N) is 1. The SMILES string of the molecule is C[N+]1=C(/C=C/C=C/C=C2N(CCCCCC(=O)NCCN3C(=O)C=CC3=O)c3ccccc3C2(C)C)C(C)(C)c2ccccc21.F[P-](F)(F)(F)(F)F. The van der Waals surface area contributed by atoms with E-state index in [1.807, 2.05) is 0 Å². The van der Waals surface area contributed by atoms with E-state index in [2.05, 4.69) is 128 Å². The fourth-order valence-electron chi connectivity index (χ4n) is 6.82. The molecule has 0 saturated carbocycles. The molecule has 0 saturated heterocycles. The van der Waals surface area contributed by atoms with Crippen LogP contribution in [0.15, 0.2) is 96.8 Å². The van der Waals surface area contributed by atoms with Gasteiger partial charge in [0, 0.05) is 72.7 Å². The number of anilines is 1. The van der Waals surface area contributed by atoms with Gasteiger partial charge in [0.25, 0.3) is 11.8 Å². The van der Waals surface area contributed by atoms with Gasteiger partial charge in [0.2, 0.25) is 11.6 Å². The first-order valence-electron chi connectivity index (χ1n) is 17.0. The third kappa shape index (κ3) is 10.5. The Hall–Kier alpha value is -4.51. The van der Waals surface area contributed by atoms with Crippen LogP contribution in [0.25, 0.3) is 0 Å². The van der Waals surface area contributed by atoms with E-state index in [1.165, 1.54) is 46.1 Å². The van der Waals surface area contributed by atoms with E-state index >= 15 is 0 Å². The number of hydrogen-bond donors (Lipinski definition) is 1. The molecule has 14 heteroatoms. The summed E-state index contributed by atoms with van der Waals surface area (Å²) in [5.41, 5.74) is 7.57. The summed E-state index contributed by atoms with van der Waals surface area (Å²) in [5.74, 6) is -0.706. The molecule has 0 unspecified atom stereocenters. The van der Waals surface area contributed by atoms with Gasteiger partial charge in [0.1, 0.15) is 7.05 Å². The van der Waals surface area contributed by atoms with Gasteiger partial charge in [-0.05, 0) is 44.4 Å². The van der Waals surface area contributed by atoms with Crippen LogP contribution in [0.3, 0.4) is 0 Å². The topological polar surface area (TPSA) is 72.7 Å². The number of hydrogen-bond acceptors (Lipinski definition) is 4. The van der Waals surface area contributed by atoms with E-state index in [9.17, 15) is 39.6 Å². The van der Waals surface area contributed by atoms with E-state index in [0.717, 1.165) is 30.7 Å². The van der Waals surface area contributed by atoms with Gasteiger partial charge in [-0.2, -0.15) is 4.58 Å². The van der Waals surface area contributed by atoms with Gasteiger partial charge in [0.05, 0.1) is 5.41 Å². The second kappa shape index (κ2) is 14.5. The zero-order valence-electron chi connectivity index (χ0n) is 29.9. The monoisotopic (exact) mass is 750 g/mol. The van der Waals surface area contributed by atoms with Gasteiger partial charge in [-0.1, -0.05) is 74.9 Å². The number of allylic oxidation sites excluding steroid dienone is 6. The number of amides is 3. The predicted octanol–water partition coefficient (Wildman–Crippen LogP) is 9.47. The fraction of sp³-hybridized carbons (Fsp3) is 0.368. The number of halogens is 6. The molecule has 0 aliphatic carbocycles. The zero-order valence-corrected chi connectivity index (χ0v) is 30.8. The molecule has 0 aromatic heterocycles. The number of nitrogens with zero attached hydrogens (tertiary/aromatic N) is 3. The quantitative estimate of drug-likeness (QED) is 0.0586. The normalized spacial score (nSPS) is 19.6. The van der Waals surface area contributed by atoms with Crippen LogP contribution in [0, 0.1) is 0 Å². The first kappa shape index (κ1) is 40.3. The number of benzene rings is 2. The molecule has 3 heterocycles. The van der Waals surface area contributed by atoms with Gasteiger partial charge >= 0.3 is 33.0 Å². The number of para-hydroxylation sites is 2. The molecule has 0 radical (unpaired) electrons. The summed E-state index contributed by atoms with van der Waals surface area (Å²) in [6, 6.07) is 17.3. The molecule has 2 aromatic rings. The summed E-state index contributed by atoms with van der Waals surface area (Å²) in [7, 11) is -8.52. The number of imide groups is 1. The maximum atomic E-state index is 12.3. The Morgan fingerprint density at radius 3 is 2.00 bits per heavy atom. The van der Waals surface area contributed by atoms with Crippen LogP contribution in [0.2, 0.25) is 0 Å². The molecule has 282 valence electrons. The van der Waals surface area contributed by atoms with Gasteiger partial charge < -0.3 is 10.2 Å². The third-order valence-electron chi connectivity index (χ3n) is 9.31. The Morgan fingerprint density at radius 1 is 0.769 bits per heavy atom. The zero-order chi connectivity index (χ0) is 38.6. The van der Waals surface area contributed by atoms with Crippen LogP contribution < -0.4 is 10.2 Å². The van der Waals surface area contributed by atoms with Gasteiger partial charge in [-0.3, -0.25) is 19.3 Å². The molecule has 0 atom stereocenters.